The van der Waals surface area contributed by atoms with E-state index in [0.29, 0.717) is 24.8 Å². The Bertz CT molecular complexity index is 593. The predicted octanol–water partition coefficient (Wildman–Crippen LogP) is 1.25. The molecular weight excluding hydrogens is 272 g/mol. The minimum atomic E-state index is -0.146. The van der Waals surface area contributed by atoms with Crippen molar-refractivity contribution < 1.29 is 13.7 Å². The molecule has 3 heterocycles. The van der Waals surface area contributed by atoms with Gasteiger partial charge in [-0.05, 0) is 38.4 Å². The largest absolute Gasteiger partial charge is 0.467 e. The second-order valence-electron chi connectivity index (χ2n) is 5.16. The van der Waals surface area contributed by atoms with E-state index in [9.17, 15) is 4.79 Å². The Morgan fingerprint density at radius 3 is 3.19 bits per heavy atom. The second-order valence-corrected chi connectivity index (χ2v) is 5.16. The van der Waals surface area contributed by atoms with Gasteiger partial charge in [-0.3, -0.25) is 9.69 Å². The lowest BCUT2D eigenvalue weighted by Crippen LogP contribution is -2.42. The number of carbonyl (C=O) groups is 1. The summed E-state index contributed by atoms with van der Waals surface area (Å²) in [7, 11) is 0. The van der Waals surface area contributed by atoms with E-state index >= 15 is 0 Å². The van der Waals surface area contributed by atoms with Crippen LogP contribution in [0.5, 0.6) is 0 Å². The van der Waals surface area contributed by atoms with Gasteiger partial charge in [-0.1, -0.05) is 5.16 Å². The summed E-state index contributed by atoms with van der Waals surface area (Å²) in [6.07, 6.45) is 3.43. The normalized spacial score (nSPS) is 19.0. The molecule has 0 saturated carbocycles. The average Bonchev–Trinajstić information content (AvgIpc) is 3.19. The van der Waals surface area contributed by atoms with Crippen LogP contribution < -0.4 is 5.32 Å². The smallest absolute Gasteiger partial charge is 0.240 e. The van der Waals surface area contributed by atoms with Crippen molar-refractivity contribution in [2.45, 2.75) is 38.9 Å². The number of hydrogen-bond acceptors (Lipinski definition) is 6. The van der Waals surface area contributed by atoms with Gasteiger partial charge in [0.2, 0.25) is 11.8 Å². The van der Waals surface area contributed by atoms with Gasteiger partial charge in [-0.2, -0.15) is 4.98 Å². The molecule has 1 N–H and O–H groups in total. The molecule has 2 aromatic heterocycles. The molecule has 0 spiro atoms. The Hall–Kier alpha value is -2.15. The molecule has 21 heavy (non-hydrogen) atoms. The van der Waals surface area contributed by atoms with Gasteiger partial charge in [0.25, 0.3) is 0 Å². The van der Waals surface area contributed by atoms with Crippen molar-refractivity contribution in [2.75, 3.05) is 6.54 Å². The van der Waals surface area contributed by atoms with Gasteiger partial charge in [0, 0.05) is 0 Å². The topological polar surface area (TPSA) is 84.4 Å². The van der Waals surface area contributed by atoms with Crippen LogP contribution in [-0.4, -0.2) is 33.5 Å². The van der Waals surface area contributed by atoms with Gasteiger partial charge in [0.05, 0.1) is 25.4 Å². The van der Waals surface area contributed by atoms with E-state index in [0.717, 1.165) is 25.1 Å². The Morgan fingerprint density at radius 1 is 1.57 bits per heavy atom. The van der Waals surface area contributed by atoms with Crippen molar-refractivity contribution in [3.63, 3.8) is 0 Å². The maximum absolute atomic E-state index is 12.3. The van der Waals surface area contributed by atoms with Crippen LogP contribution in [-0.2, 0) is 17.9 Å². The number of aromatic nitrogens is 2. The highest BCUT2D eigenvalue weighted by molar-refractivity contribution is 5.81. The fraction of sp³-hybridized carbons (Fsp3) is 0.500. The van der Waals surface area contributed by atoms with Crippen molar-refractivity contribution in [3.8, 4) is 0 Å². The number of likely N-dealkylation sites (tertiary alicyclic amines) is 1. The number of aryl methyl sites for hydroxylation is 1. The average molecular weight is 290 g/mol. The van der Waals surface area contributed by atoms with E-state index in [4.69, 9.17) is 8.94 Å². The molecule has 0 bridgehead atoms. The van der Waals surface area contributed by atoms with Crippen LogP contribution in [0.25, 0.3) is 0 Å². The van der Waals surface area contributed by atoms with E-state index in [2.05, 4.69) is 20.4 Å². The second kappa shape index (κ2) is 6.09. The van der Waals surface area contributed by atoms with Gasteiger partial charge >= 0.3 is 0 Å². The lowest BCUT2D eigenvalue weighted by Gasteiger charge is -2.21. The Morgan fingerprint density at radius 2 is 2.48 bits per heavy atom. The molecule has 1 aliphatic heterocycles. The van der Waals surface area contributed by atoms with Gasteiger partial charge in [0.1, 0.15) is 5.76 Å². The van der Waals surface area contributed by atoms with E-state index in [1.54, 1.807) is 19.3 Å². The zero-order chi connectivity index (χ0) is 14.7. The highest BCUT2D eigenvalue weighted by Gasteiger charge is 2.31. The highest BCUT2D eigenvalue weighted by Crippen LogP contribution is 2.19. The molecule has 7 heteroatoms. The SMILES string of the molecule is Cc1noc(CN2CCCC2C(=O)NCc2ccco2)n1. The van der Waals surface area contributed by atoms with Gasteiger partial charge in [-0.15, -0.1) is 0 Å². The summed E-state index contributed by atoms with van der Waals surface area (Å²) in [6, 6.07) is 3.50. The fourth-order valence-corrected chi connectivity index (χ4v) is 2.60. The fourth-order valence-electron chi connectivity index (χ4n) is 2.60. The summed E-state index contributed by atoms with van der Waals surface area (Å²) in [5, 5.41) is 6.68. The summed E-state index contributed by atoms with van der Waals surface area (Å²) in [5.41, 5.74) is 0. The molecule has 7 nitrogen and oxygen atoms in total. The van der Waals surface area contributed by atoms with Crippen LogP contribution in [0, 0.1) is 6.92 Å². The van der Waals surface area contributed by atoms with Gasteiger partial charge in [0.15, 0.2) is 5.82 Å². The van der Waals surface area contributed by atoms with Gasteiger partial charge in [-0.25, -0.2) is 0 Å². The molecule has 1 atom stereocenters. The van der Waals surface area contributed by atoms with E-state index in [1.807, 2.05) is 6.07 Å². The van der Waals surface area contributed by atoms with Crippen molar-refractivity contribution >= 4 is 5.91 Å². The molecule has 1 saturated heterocycles. The standard InChI is InChI=1S/C14H18N4O3/c1-10-16-13(21-17-10)9-18-6-2-5-12(18)14(19)15-8-11-4-3-7-20-11/h3-4,7,12H,2,5-6,8-9H2,1H3,(H,15,19). The highest BCUT2D eigenvalue weighted by atomic mass is 16.5. The Kier molecular flexibility index (Phi) is 4.01. The summed E-state index contributed by atoms with van der Waals surface area (Å²) in [4.78, 5) is 18.5. The first-order valence-corrected chi connectivity index (χ1v) is 7.06. The lowest BCUT2D eigenvalue weighted by atomic mass is 10.2. The summed E-state index contributed by atoms with van der Waals surface area (Å²) >= 11 is 0. The van der Waals surface area contributed by atoms with Crippen molar-refractivity contribution in [1.82, 2.24) is 20.4 Å². The van der Waals surface area contributed by atoms with Crippen LogP contribution in [0.4, 0.5) is 0 Å². The summed E-state index contributed by atoms with van der Waals surface area (Å²) in [6.45, 7) is 3.57. The molecule has 1 fully saturated rings. The lowest BCUT2D eigenvalue weighted by molar-refractivity contribution is -0.126. The van der Waals surface area contributed by atoms with E-state index in [-0.39, 0.29) is 11.9 Å². The Labute approximate surface area is 122 Å². The van der Waals surface area contributed by atoms with Crippen molar-refractivity contribution in [1.29, 1.82) is 0 Å². The zero-order valence-corrected chi connectivity index (χ0v) is 11.9. The summed E-state index contributed by atoms with van der Waals surface area (Å²) in [5.74, 6) is 1.93. The number of carbonyl (C=O) groups excluding carboxylic acids is 1. The molecule has 1 unspecified atom stereocenters. The number of amides is 1. The minimum absolute atomic E-state index is 0.0140. The molecular formula is C14H18N4O3. The van der Waals surface area contributed by atoms with E-state index in [1.165, 1.54) is 0 Å². The zero-order valence-electron chi connectivity index (χ0n) is 11.9. The first-order valence-electron chi connectivity index (χ1n) is 7.06. The molecule has 2 aromatic rings. The van der Waals surface area contributed by atoms with Crippen LogP contribution in [0.3, 0.4) is 0 Å². The van der Waals surface area contributed by atoms with Crippen LogP contribution in [0.1, 0.15) is 30.3 Å². The minimum Gasteiger partial charge on any atom is -0.467 e. The number of hydrogen-bond donors (Lipinski definition) is 1. The summed E-state index contributed by atoms with van der Waals surface area (Å²) < 4.78 is 10.3. The third-order valence-electron chi connectivity index (χ3n) is 3.59. The predicted molar refractivity (Wildman–Crippen MR) is 73.0 cm³/mol. The van der Waals surface area contributed by atoms with Crippen LogP contribution in [0.15, 0.2) is 27.3 Å². The Balaban J connectivity index is 1.56. The number of nitrogens with zero attached hydrogens (tertiary/aromatic N) is 3. The number of furan rings is 1. The number of rotatable bonds is 5. The van der Waals surface area contributed by atoms with Crippen molar-refractivity contribution in [3.05, 3.63) is 35.9 Å². The molecule has 0 radical (unpaired) electrons. The quantitative estimate of drug-likeness (QED) is 0.892. The molecule has 0 aromatic carbocycles. The molecule has 1 amide bonds. The number of nitrogens with one attached hydrogen (secondary N) is 1. The maximum Gasteiger partial charge on any atom is 0.240 e. The molecule has 3 rings (SSSR count). The molecule has 112 valence electrons. The first-order chi connectivity index (χ1) is 10.2. The van der Waals surface area contributed by atoms with Crippen molar-refractivity contribution in [2.24, 2.45) is 0 Å². The third kappa shape index (κ3) is 3.30. The molecule has 1 aliphatic rings. The molecule has 0 aliphatic carbocycles. The van der Waals surface area contributed by atoms with Crippen LogP contribution >= 0.6 is 0 Å². The first kappa shape index (κ1) is 13.8. The maximum atomic E-state index is 12.3. The van der Waals surface area contributed by atoms with E-state index < -0.39 is 0 Å². The third-order valence-corrected chi connectivity index (χ3v) is 3.59. The van der Waals surface area contributed by atoms with Crippen LogP contribution in [0.2, 0.25) is 0 Å². The van der Waals surface area contributed by atoms with Gasteiger partial charge < -0.3 is 14.3 Å². The monoisotopic (exact) mass is 290 g/mol.